The Morgan fingerprint density at radius 3 is 2.94 bits per heavy atom. The Bertz CT molecular complexity index is 571. The van der Waals surface area contributed by atoms with E-state index in [1.807, 2.05) is 19.2 Å². The molecule has 2 aromatic rings. The van der Waals surface area contributed by atoms with Crippen LogP contribution in [0.3, 0.4) is 0 Å². The molecule has 0 fully saturated rings. The van der Waals surface area contributed by atoms with E-state index in [1.165, 1.54) is 4.88 Å². The Kier molecular flexibility index (Phi) is 3.77. The summed E-state index contributed by atoms with van der Waals surface area (Å²) in [5, 5.41) is 13.1. The van der Waals surface area contributed by atoms with Crippen molar-refractivity contribution >= 4 is 33.0 Å². The molecular weight excluding hydrogens is 298 g/mol. The molecule has 0 unspecified atom stereocenters. The first-order valence-electron chi connectivity index (χ1n) is 5.04. The highest BCUT2D eigenvalue weighted by molar-refractivity contribution is 9.10. The highest BCUT2D eigenvalue weighted by Gasteiger charge is 2.02. The fraction of sp³-hybridized carbons (Fsp3) is 0.167. The van der Waals surface area contributed by atoms with Crippen molar-refractivity contribution in [1.82, 2.24) is 4.98 Å². The number of aromatic nitrogens is 1. The van der Waals surface area contributed by atoms with E-state index in [0.29, 0.717) is 5.56 Å². The normalized spacial score (nSPS) is 9.94. The number of benzene rings is 1. The molecule has 0 aliphatic rings. The molecule has 0 saturated carbocycles. The number of hydrogen-bond donors (Lipinski definition) is 1. The van der Waals surface area contributed by atoms with Crippen LogP contribution in [0.25, 0.3) is 0 Å². The maximum Gasteiger partial charge on any atom is 0.0992 e. The predicted molar refractivity (Wildman–Crippen MR) is 73.0 cm³/mol. The van der Waals surface area contributed by atoms with Gasteiger partial charge in [0.05, 0.1) is 23.2 Å². The third-order valence-electron chi connectivity index (χ3n) is 2.22. The second-order valence-electron chi connectivity index (χ2n) is 3.51. The molecule has 0 atom stereocenters. The third kappa shape index (κ3) is 3.05. The number of hydrogen-bond acceptors (Lipinski definition) is 4. The maximum absolute atomic E-state index is 8.77. The molecule has 0 aliphatic carbocycles. The molecule has 1 aromatic carbocycles. The van der Waals surface area contributed by atoms with Gasteiger partial charge in [-0.1, -0.05) is 0 Å². The van der Waals surface area contributed by atoms with Crippen molar-refractivity contribution in [2.24, 2.45) is 0 Å². The number of anilines is 1. The number of thiazole rings is 1. The highest BCUT2D eigenvalue weighted by Crippen LogP contribution is 2.24. The molecule has 3 nitrogen and oxygen atoms in total. The van der Waals surface area contributed by atoms with E-state index in [-0.39, 0.29) is 0 Å². The molecular formula is C12H10BrN3S. The lowest BCUT2D eigenvalue weighted by Crippen LogP contribution is -1.98. The van der Waals surface area contributed by atoms with Crippen molar-refractivity contribution in [3.63, 3.8) is 0 Å². The van der Waals surface area contributed by atoms with Gasteiger partial charge in [-0.3, -0.25) is 0 Å². The molecule has 1 aromatic heterocycles. The van der Waals surface area contributed by atoms with Crippen molar-refractivity contribution in [3.05, 3.63) is 44.3 Å². The monoisotopic (exact) mass is 307 g/mol. The summed E-state index contributed by atoms with van der Waals surface area (Å²) >= 11 is 5.12. The smallest absolute Gasteiger partial charge is 0.0992 e. The Morgan fingerprint density at radius 1 is 1.53 bits per heavy atom. The quantitative estimate of drug-likeness (QED) is 0.940. The lowest BCUT2D eigenvalue weighted by atomic mass is 10.2. The Hall–Kier alpha value is -1.38. The van der Waals surface area contributed by atoms with Gasteiger partial charge in [0.1, 0.15) is 0 Å². The number of nitriles is 1. The number of halogens is 1. The van der Waals surface area contributed by atoms with E-state index in [9.17, 15) is 0 Å². The molecule has 17 heavy (non-hydrogen) atoms. The minimum absolute atomic E-state index is 0.649. The van der Waals surface area contributed by atoms with Gasteiger partial charge in [-0.15, -0.1) is 11.3 Å². The summed E-state index contributed by atoms with van der Waals surface area (Å²) < 4.78 is 0.901. The van der Waals surface area contributed by atoms with Crippen LogP contribution in [0.1, 0.15) is 15.4 Å². The van der Waals surface area contributed by atoms with Crippen molar-refractivity contribution in [1.29, 1.82) is 5.26 Å². The van der Waals surface area contributed by atoms with Crippen molar-refractivity contribution in [2.45, 2.75) is 13.5 Å². The first-order valence-corrected chi connectivity index (χ1v) is 6.65. The Morgan fingerprint density at radius 2 is 2.35 bits per heavy atom. The highest BCUT2D eigenvalue weighted by atomic mass is 79.9. The summed E-state index contributed by atoms with van der Waals surface area (Å²) in [5.41, 5.74) is 1.63. The third-order valence-corrected chi connectivity index (χ3v) is 3.79. The summed E-state index contributed by atoms with van der Waals surface area (Å²) in [6.45, 7) is 2.74. The van der Waals surface area contributed by atoms with Crippen molar-refractivity contribution in [3.8, 4) is 6.07 Å². The molecule has 1 N–H and O–H groups in total. The molecule has 5 heteroatoms. The fourth-order valence-corrected chi connectivity index (χ4v) is 2.65. The van der Waals surface area contributed by atoms with Gasteiger partial charge in [0, 0.05) is 21.2 Å². The number of aryl methyl sites for hydroxylation is 1. The molecule has 1 heterocycles. The van der Waals surface area contributed by atoms with Crippen molar-refractivity contribution in [2.75, 3.05) is 5.32 Å². The fourth-order valence-electron chi connectivity index (χ4n) is 1.40. The van der Waals surface area contributed by atoms with E-state index in [2.05, 4.69) is 32.3 Å². The number of nitrogens with zero attached hydrogens (tertiary/aromatic N) is 2. The van der Waals surface area contributed by atoms with Gasteiger partial charge in [-0.25, -0.2) is 4.98 Å². The van der Waals surface area contributed by atoms with Crippen LogP contribution in [0.2, 0.25) is 0 Å². The molecule has 0 radical (unpaired) electrons. The molecule has 0 bridgehead atoms. The average molecular weight is 308 g/mol. The predicted octanol–water partition coefficient (Wildman–Crippen LogP) is 3.70. The van der Waals surface area contributed by atoms with Crippen LogP contribution >= 0.6 is 27.3 Å². The first kappa shape index (κ1) is 12.1. The molecule has 2 rings (SSSR count). The van der Waals surface area contributed by atoms with Crippen LogP contribution in [0.5, 0.6) is 0 Å². The zero-order chi connectivity index (χ0) is 12.3. The van der Waals surface area contributed by atoms with Gasteiger partial charge in [0.25, 0.3) is 0 Å². The summed E-state index contributed by atoms with van der Waals surface area (Å²) in [5.74, 6) is 0. The van der Waals surface area contributed by atoms with Gasteiger partial charge in [0.15, 0.2) is 0 Å². The largest absolute Gasteiger partial charge is 0.379 e. The van der Waals surface area contributed by atoms with Crippen LogP contribution in [0.15, 0.2) is 28.9 Å². The topological polar surface area (TPSA) is 48.7 Å². The molecule has 86 valence electrons. The summed E-state index contributed by atoms with van der Waals surface area (Å²) in [4.78, 5) is 5.40. The van der Waals surface area contributed by atoms with Crippen LogP contribution < -0.4 is 5.32 Å². The van der Waals surface area contributed by atoms with E-state index >= 15 is 0 Å². The number of nitrogens with one attached hydrogen (secondary N) is 1. The lowest BCUT2D eigenvalue weighted by molar-refractivity contribution is 1.16. The summed E-state index contributed by atoms with van der Waals surface area (Å²) in [6.07, 6.45) is 1.88. The second-order valence-corrected chi connectivity index (χ2v) is 5.68. The molecule has 0 amide bonds. The van der Waals surface area contributed by atoms with E-state index in [0.717, 1.165) is 21.7 Å². The zero-order valence-corrected chi connectivity index (χ0v) is 11.6. The molecule has 0 spiro atoms. The van der Waals surface area contributed by atoms with Crippen LogP contribution in [-0.2, 0) is 6.54 Å². The second kappa shape index (κ2) is 5.30. The van der Waals surface area contributed by atoms with E-state index in [4.69, 9.17) is 5.26 Å². The van der Waals surface area contributed by atoms with Gasteiger partial charge >= 0.3 is 0 Å². The van der Waals surface area contributed by atoms with Crippen LogP contribution in [0, 0.1) is 18.3 Å². The maximum atomic E-state index is 8.77. The van der Waals surface area contributed by atoms with Gasteiger partial charge in [-0.2, -0.15) is 5.26 Å². The number of rotatable bonds is 3. The zero-order valence-electron chi connectivity index (χ0n) is 9.20. The minimum Gasteiger partial charge on any atom is -0.379 e. The summed E-state index contributed by atoms with van der Waals surface area (Å²) in [7, 11) is 0. The van der Waals surface area contributed by atoms with Crippen molar-refractivity contribution < 1.29 is 0 Å². The van der Waals surface area contributed by atoms with Gasteiger partial charge < -0.3 is 5.32 Å². The molecule has 0 aliphatic heterocycles. The van der Waals surface area contributed by atoms with Crippen LogP contribution in [-0.4, -0.2) is 4.98 Å². The van der Waals surface area contributed by atoms with Crippen LogP contribution in [0.4, 0.5) is 5.69 Å². The molecule has 0 saturated heterocycles. The van der Waals surface area contributed by atoms with E-state index in [1.54, 1.807) is 23.5 Å². The lowest BCUT2D eigenvalue weighted by Gasteiger charge is -2.07. The first-order chi connectivity index (χ1) is 8.19. The summed E-state index contributed by atoms with van der Waals surface area (Å²) in [6, 6.07) is 7.61. The minimum atomic E-state index is 0.649. The van der Waals surface area contributed by atoms with Gasteiger partial charge in [-0.05, 0) is 41.1 Å². The Balaban J connectivity index is 2.07. The Labute approximate surface area is 112 Å². The van der Waals surface area contributed by atoms with Gasteiger partial charge in [0.2, 0.25) is 0 Å². The standard InChI is InChI=1S/C12H10BrN3S/c1-8-15-6-10(17-8)7-16-12-3-2-9(5-14)4-11(12)13/h2-4,6,16H,7H2,1H3. The van der Waals surface area contributed by atoms with E-state index < -0.39 is 0 Å². The average Bonchev–Trinajstić information content (AvgIpc) is 2.73. The SMILES string of the molecule is Cc1ncc(CNc2ccc(C#N)cc2Br)s1.